The van der Waals surface area contributed by atoms with E-state index in [2.05, 4.69) is 13.5 Å². The Kier molecular flexibility index (Phi) is 0.754. The van der Waals surface area contributed by atoms with E-state index in [0.29, 0.717) is 11.8 Å². The van der Waals surface area contributed by atoms with Crippen LogP contribution < -0.4 is 0 Å². The smallest absolute Gasteiger partial charge is 0.0797 e. The molecular formula is C8H10O. The number of fused-ring (bicyclic) bond motifs is 1. The van der Waals surface area contributed by atoms with Gasteiger partial charge in [0, 0.05) is 11.8 Å². The number of aliphatic hydroxyl groups excluding tert-OH is 1. The van der Waals surface area contributed by atoms with E-state index in [4.69, 9.17) is 0 Å². The molecule has 0 aromatic carbocycles. The van der Waals surface area contributed by atoms with Crippen molar-refractivity contribution >= 4 is 0 Å². The summed E-state index contributed by atoms with van der Waals surface area (Å²) < 4.78 is 0. The van der Waals surface area contributed by atoms with Gasteiger partial charge in [0.25, 0.3) is 0 Å². The molecule has 2 aliphatic carbocycles. The molecule has 0 aromatic rings. The molecule has 0 amide bonds. The molecule has 0 spiro atoms. The molecule has 1 heteroatoms. The maximum Gasteiger partial charge on any atom is 0.0797 e. The highest BCUT2D eigenvalue weighted by molar-refractivity contribution is 5.45. The van der Waals surface area contributed by atoms with Crippen molar-refractivity contribution in [2.75, 3.05) is 0 Å². The monoisotopic (exact) mass is 122 g/mol. The standard InChI is InChI=1S/C8H10O/c1-4-3-6(9)8-5(2)7(4)8/h3,6-9H,2H2,1H3/t6-,7+,8+/m1/s1. The van der Waals surface area contributed by atoms with Crippen molar-refractivity contribution in [2.24, 2.45) is 11.8 Å². The molecule has 1 saturated carbocycles. The Morgan fingerprint density at radius 3 is 2.56 bits per heavy atom. The zero-order valence-corrected chi connectivity index (χ0v) is 5.46. The Labute approximate surface area is 54.7 Å². The van der Waals surface area contributed by atoms with Crippen LogP contribution in [-0.4, -0.2) is 11.2 Å². The van der Waals surface area contributed by atoms with E-state index in [9.17, 15) is 5.11 Å². The van der Waals surface area contributed by atoms with Crippen LogP contribution in [0.4, 0.5) is 0 Å². The van der Waals surface area contributed by atoms with Gasteiger partial charge in [-0.05, 0) is 6.92 Å². The van der Waals surface area contributed by atoms with Crippen LogP contribution in [0, 0.1) is 11.8 Å². The van der Waals surface area contributed by atoms with Gasteiger partial charge in [-0.25, -0.2) is 0 Å². The van der Waals surface area contributed by atoms with Crippen molar-refractivity contribution in [1.82, 2.24) is 0 Å². The third-order valence-corrected chi connectivity index (χ3v) is 2.37. The quantitative estimate of drug-likeness (QED) is 0.477. The first-order valence-corrected chi connectivity index (χ1v) is 3.27. The van der Waals surface area contributed by atoms with Gasteiger partial charge in [0.05, 0.1) is 6.10 Å². The lowest BCUT2D eigenvalue weighted by atomic mass is 10.2. The van der Waals surface area contributed by atoms with E-state index in [1.54, 1.807) is 0 Å². The van der Waals surface area contributed by atoms with Crippen LogP contribution in [0.1, 0.15) is 6.92 Å². The maximum atomic E-state index is 9.24. The van der Waals surface area contributed by atoms with Crippen LogP contribution in [0.25, 0.3) is 0 Å². The van der Waals surface area contributed by atoms with Gasteiger partial charge < -0.3 is 5.11 Å². The summed E-state index contributed by atoms with van der Waals surface area (Å²) in [5.41, 5.74) is 2.53. The average Bonchev–Trinajstić information content (AvgIpc) is 2.30. The van der Waals surface area contributed by atoms with Gasteiger partial charge in [0.2, 0.25) is 0 Å². The summed E-state index contributed by atoms with van der Waals surface area (Å²) in [6.07, 6.45) is 1.71. The Morgan fingerprint density at radius 2 is 2.33 bits per heavy atom. The van der Waals surface area contributed by atoms with Crippen LogP contribution in [-0.2, 0) is 0 Å². The summed E-state index contributed by atoms with van der Waals surface area (Å²) in [6.45, 7) is 5.91. The van der Waals surface area contributed by atoms with Crippen LogP contribution in [0.3, 0.4) is 0 Å². The Hall–Kier alpha value is -0.560. The lowest BCUT2D eigenvalue weighted by Gasteiger charge is -1.95. The molecule has 0 bridgehead atoms. The highest BCUT2D eigenvalue weighted by Crippen LogP contribution is 2.55. The summed E-state index contributed by atoms with van der Waals surface area (Å²) in [5, 5.41) is 9.24. The van der Waals surface area contributed by atoms with E-state index in [0.717, 1.165) is 0 Å². The molecule has 0 unspecified atom stereocenters. The van der Waals surface area contributed by atoms with E-state index in [-0.39, 0.29) is 6.10 Å². The summed E-state index contributed by atoms with van der Waals surface area (Å²) in [7, 11) is 0. The van der Waals surface area contributed by atoms with Gasteiger partial charge in [-0.1, -0.05) is 23.8 Å². The summed E-state index contributed by atoms with van der Waals surface area (Å²) in [4.78, 5) is 0. The fraction of sp³-hybridized carbons (Fsp3) is 0.500. The molecule has 1 fully saturated rings. The van der Waals surface area contributed by atoms with Crippen molar-refractivity contribution in [3.8, 4) is 0 Å². The average molecular weight is 122 g/mol. The molecule has 0 heterocycles. The first kappa shape index (κ1) is 5.24. The van der Waals surface area contributed by atoms with Gasteiger partial charge in [0.1, 0.15) is 0 Å². The van der Waals surface area contributed by atoms with E-state index in [1.165, 1.54) is 11.1 Å². The van der Waals surface area contributed by atoms with Crippen LogP contribution >= 0.6 is 0 Å². The van der Waals surface area contributed by atoms with Gasteiger partial charge in [-0.2, -0.15) is 0 Å². The second-order valence-electron chi connectivity index (χ2n) is 2.98. The zero-order valence-electron chi connectivity index (χ0n) is 5.46. The fourth-order valence-corrected chi connectivity index (χ4v) is 1.81. The second-order valence-corrected chi connectivity index (χ2v) is 2.98. The number of hydrogen-bond acceptors (Lipinski definition) is 1. The number of allylic oxidation sites excluding steroid dienone is 1. The van der Waals surface area contributed by atoms with Crippen LogP contribution in [0.15, 0.2) is 23.8 Å². The minimum Gasteiger partial charge on any atom is -0.388 e. The third kappa shape index (κ3) is 0.479. The topological polar surface area (TPSA) is 20.2 Å². The molecule has 48 valence electrons. The lowest BCUT2D eigenvalue weighted by Crippen LogP contribution is -2.01. The van der Waals surface area contributed by atoms with Gasteiger partial charge in [0.15, 0.2) is 0 Å². The first-order chi connectivity index (χ1) is 4.22. The van der Waals surface area contributed by atoms with Crippen molar-refractivity contribution in [2.45, 2.75) is 13.0 Å². The zero-order chi connectivity index (χ0) is 6.59. The summed E-state index contributed by atoms with van der Waals surface area (Å²) in [5.74, 6) is 0.935. The lowest BCUT2D eigenvalue weighted by molar-refractivity contribution is 0.208. The molecule has 0 aliphatic heterocycles. The number of rotatable bonds is 0. The van der Waals surface area contributed by atoms with Crippen molar-refractivity contribution in [3.05, 3.63) is 23.8 Å². The molecule has 1 N–H and O–H groups in total. The third-order valence-electron chi connectivity index (χ3n) is 2.37. The molecule has 3 atom stereocenters. The van der Waals surface area contributed by atoms with Crippen molar-refractivity contribution in [3.63, 3.8) is 0 Å². The Bertz CT molecular complexity index is 203. The molecule has 1 nitrogen and oxygen atoms in total. The number of hydrogen-bond donors (Lipinski definition) is 1. The minimum atomic E-state index is -0.220. The minimum absolute atomic E-state index is 0.220. The van der Waals surface area contributed by atoms with Gasteiger partial charge in [-0.15, -0.1) is 0 Å². The Balaban J connectivity index is 2.32. The Morgan fingerprint density at radius 1 is 1.67 bits per heavy atom. The first-order valence-electron chi connectivity index (χ1n) is 3.27. The SMILES string of the molecule is C=C1[C@@H]2C(C)=C[C@@H](O)[C@H]12. The normalized spacial score (nSPS) is 46.7. The van der Waals surface area contributed by atoms with E-state index in [1.807, 2.05) is 6.08 Å². The predicted octanol–water partition coefficient (Wildman–Crippen LogP) is 1.11. The molecule has 2 aliphatic rings. The van der Waals surface area contributed by atoms with Crippen LogP contribution in [0.2, 0.25) is 0 Å². The van der Waals surface area contributed by atoms with Crippen molar-refractivity contribution < 1.29 is 5.11 Å². The molecule has 0 saturated heterocycles. The molecule has 0 radical (unpaired) electrons. The predicted molar refractivity (Wildman–Crippen MR) is 35.9 cm³/mol. The van der Waals surface area contributed by atoms with Crippen LogP contribution in [0.5, 0.6) is 0 Å². The van der Waals surface area contributed by atoms with Gasteiger partial charge >= 0.3 is 0 Å². The highest BCUT2D eigenvalue weighted by atomic mass is 16.3. The largest absolute Gasteiger partial charge is 0.388 e. The second kappa shape index (κ2) is 1.29. The molecular weight excluding hydrogens is 112 g/mol. The van der Waals surface area contributed by atoms with Crippen molar-refractivity contribution in [1.29, 1.82) is 0 Å². The molecule has 2 rings (SSSR count). The van der Waals surface area contributed by atoms with E-state index >= 15 is 0 Å². The fourth-order valence-electron chi connectivity index (χ4n) is 1.81. The van der Waals surface area contributed by atoms with E-state index < -0.39 is 0 Å². The maximum absolute atomic E-state index is 9.24. The highest BCUT2D eigenvalue weighted by Gasteiger charge is 2.51. The molecule has 0 aromatic heterocycles. The summed E-state index contributed by atoms with van der Waals surface area (Å²) in [6, 6.07) is 0. The summed E-state index contributed by atoms with van der Waals surface area (Å²) >= 11 is 0. The van der Waals surface area contributed by atoms with Gasteiger partial charge in [-0.3, -0.25) is 0 Å². The number of aliphatic hydroxyl groups is 1. The molecule has 9 heavy (non-hydrogen) atoms.